The summed E-state index contributed by atoms with van der Waals surface area (Å²) in [5.41, 5.74) is 8.66. The molecule has 0 bridgehead atoms. The molecular weight excluding hydrogens is 240 g/mol. The minimum Gasteiger partial charge on any atom is -0.488 e. The zero-order valence-electron chi connectivity index (χ0n) is 11.4. The molecule has 4 heteroatoms. The molecule has 0 atom stereocenters. The molecule has 0 aliphatic carbocycles. The number of hydrogen-bond donors (Lipinski definition) is 1. The Hall–Kier alpha value is -2.23. The first-order valence-electron chi connectivity index (χ1n) is 6.24. The van der Waals surface area contributed by atoms with Gasteiger partial charge in [-0.3, -0.25) is 0 Å². The van der Waals surface area contributed by atoms with Crippen LogP contribution >= 0.6 is 0 Å². The van der Waals surface area contributed by atoms with E-state index in [4.69, 9.17) is 15.2 Å². The third-order valence-corrected chi connectivity index (χ3v) is 2.81. The Morgan fingerprint density at radius 3 is 2.68 bits per heavy atom. The summed E-state index contributed by atoms with van der Waals surface area (Å²) in [5, 5.41) is 0. The van der Waals surface area contributed by atoms with Gasteiger partial charge in [-0.25, -0.2) is 4.98 Å². The van der Waals surface area contributed by atoms with E-state index in [9.17, 15) is 0 Å². The van der Waals surface area contributed by atoms with Gasteiger partial charge in [0.2, 0.25) is 0 Å². The molecule has 2 aromatic rings. The molecule has 1 aromatic heterocycles. The van der Waals surface area contributed by atoms with Crippen LogP contribution in [-0.2, 0) is 0 Å². The van der Waals surface area contributed by atoms with Gasteiger partial charge >= 0.3 is 0 Å². The SMILES string of the molecule is CCOc1cccnc1Oc1cc(N)c(C)cc1C. The van der Waals surface area contributed by atoms with Gasteiger partial charge in [0.05, 0.1) is 6.61 Å². The van der Waals surface area contributed by atoms with Crippen LogP contribution in [0.3, 0.4) is 0 Å². The van der Waals surface area contributed by atoms with Crippen LogP contribution in [0.1, 0.15) is 18.1 Å². The average molecular weight is 258 g/mol. The number of nitrogens with two attached hydrogens (primary N) is 1. The molecule has 0 radical (unpaired) electrons. The van der Waals surface area contributed by atoms with Crippen LogP contribution in [0.5, 0.6) is 17.4 Å². The van der Waals surface area contributed by atoms with Crippen molar-refractivity contribution in [3.8, 4) is 17.4 Å². The summed E-state index contributed by atoms with van der Waals surface area (Å²) in [7, 11) is 0. The summed E-state index contributed by atoms with van der Waals surface area (Å²) in [6.07, 6.45) is 1.67. The summed E-state index contributed by atoms with van der Waals surface area (Å²) in [6.45, 7) is 6.44. The number of pyridine rings is 1. The van der Waals surface area contributed by atoms with E-state index in [1.165, 1.54) is 0 Å². The lowest BCUT2D eigenvalue weighted by atomic mass is 10.1. The molecule has 0 spiro atoms. The Kier molecular flexibility index (Phi) is 3.90. The third kappa shape index (κ3) is 2.96. The second-order valence-electron chi connectivity index (χ2n) is 4.32. The number of benzene rings is 1. The van der Waals surface area contributed by atoms with E-state index in [0.29, 0.717) is 29.7 Å². The number of ether oxygens (including phenoxy) is 2. The number of aryl methyl sites for hydroxylation is 2. The lowest BCUT2D eigenvalue weighted by Gasteiger charge is -2.13. The summed E-state index contributed by atoms with van der Waals surface area (Å²) in [5.74, 6) is 1.78. The van der Waals surface area contributed by atoms with Gasteiger partial charge in [0, 0.05) is 18.0 Å². The zero-order valence-corrected chi connectivity index (χ0v) is 11.4. The highest BCUT2D eigenvalue weighted by molar-refractivity contribution is 5.55. The molecule has 19 heavy (non-hydrogen) atoms. The van der Waals surface area contributed by atoms with Crippen LogP contribution in [0.2, 0.25) is 0 Å². The van der Waals surface area contributed by atoms with Gasteiger partial charge in [0.25, 0.3) is 5.88 Å². The quantitative estimate of drug-likeness (QED) is 0.853. The van der Waals surface area contributed by atoms with Gasteiger partial charge < -0.3 is 15.2 Å². The lowest BCUT2D eigenvalue weighted by Crippen LogP contribution is -1.99. The first-order valence-corrected chi connectivity index (χ1v) is 6.24. The predicted octanol–water partition coefficient (Wildman–Crippen LogP) is 3.47. The Morgan fingerprint density at radius 1 is 1.16 bits per heavy atom. The smallest absolute Gasteiger partial charge is 0.262 e. The van der Waals surface area contributed by atoms with Gasteiger partial charge in [-0.1, -0.05) is 6.07 Å². The molecule has 0 amide bonds. The molecule has 0 fully saturated rings. The number of nitrogens with zero attached hydrogens (tertiary/aromatic N) is 1. The molecule has 0 unspecified atom stereocenters. The Balaban J connectivity index is 2.33. The van der Waals surface area contributed by atoms with Crippen molar-refractivity contribution in [2.45, 2.75) is 20.8 Å². The fraction of sp³-hybridized carbons (Fsp3) is 0.267. The second kappa shape index (κ2) is 5.61. The Labute approximate surface area is 113 Å². The first kappa shape index (κ1) is 13.2. The van der Waals surface area contributed by atoms with Crippen LogP contribution in [0, 0.1) is 13.8 Å². The molecule has 2 rings (SSSR count). The van der Waals surface area contributed by atoms with Crippen LogP contribution < -0.4 is 15.2 Å². The van der Waals surface area contributed by atoms with Gasteiger partial charge in [0.1, 0.15) is 5.75 Å². The van der Waals surface area contributed by atoms with Crippen molar-refractivity contribution in [2.75, 3.05) is 12.3 Å². The van der Waals surface area contributed by atoms with E-state index >= 15 is 0 Å². The normalized spacial score (nSPS) is 10.3. The molecular formula is C15H18N2O2. The number of nitrogen functional groups attached to an aromatic ring is 1. The summed E-state index contributed by atoms with van der Waals surface area (Å²) in [6, 6.07) is 7.45. The van der Waals surface area contributed by atoms with E-state index in [1.54, 1.807) is 6.20 Å². The highest BCUT2D eigenvalue weighted by Gasteiger charge is 2.10. The van der Waals surface area contributed by atoms with Crippen molar-refractivity contribution in [2.24, 2.45) is 0 Å². The monoisotopic (exact) mass is 258 g/mol. The van der Waals surface area contributed by atoms with Crippen molar-refractivity contribution in [1.82, 2.24) is 4.98 Å². The van der Waals surface area contributed by atoms with Crippen molar-refractivity contribution in [1.29, 1.82) is 0 Å². The minimum absolute atomic E-state index is 0.454. The van der Waals surface area contributed by atoms with Crippen molar-refractivity contribution in [3.63, 3.8) is 0 Å². The molecule has 0 aliphatic rings. The minimum atomic E-state index is 0.454. The zero-order chi connectivity index (χ0) is 13.8. The summed E-state index contributed by atoms with van der Waals surface area (Å²) in [4.78, 5) is 4.20. The van der Waals surface area contributed by atoms with Gasteiger partial charge in [-0.05, 0) is 44.0 Å². The summed E-state index contributed by atoms with van der Waals surface area (Å²) >= 11 is 0. The standard InChI is InChI=1S/C15H18N2O2/c1-4-18-13-6-5-7-17-15(13)19-14-9-12(16)10(2)8-11(14)3/h5-9H,4,16H2,1-3H3. The number of hydrogen-bond acceptors (Lipinski definition) is 4. The topological polar surface area (TPSA) is 57.4 Å². The molecule has 0 aliphatic heterocycles. The predicted molar refractivity (Wildman–Crippen MR) is 75.8 cm³/mol. The average Bonchev–Trinajstić information content (AvgIpc) is 2.38. The van der Waals surface area contributed by atoms with Crippen LogP contribution in [0.25, 0.3) is 0 Å². The van der Waals surface area contributed by atoms with Gasteiger partial charge in [-0.15, -0.1) is 0 Å². The van der Waals surface area contributed by atoms with Crippen LogP contribution in [0.15, 0.2) is 30.5 Å². The number of aromatic nitrogens is 1. The molecule has 0 saturated carbocycles. The Morgan fingerprint density at radius 2 is 1.95 bits per heavy atom. The molecule has 1 aromatic carbocycles. The molecule has 1 heterocycles. The Bertz CT molecular complexity index is 582. The molecule has 0 saturated heterocycles. The van der Waals surface area contributed by atoms with Crippen molar-refractivity contribution < 1.29 is 9.47 Å². The van der Waals surface area contributed by atoms with Crippen LogP contribution in [-0.4, -0.2) is 11.6 Å². The van der Waals surface area contributed by atoms with E-state index in [2.05, 4.69) is 4.98 Å². The number of anilines is 1. The lowest BCUT2D eigenvalue weighted by molar-refractivity contribution is 0.316. The summed E-state index contributed by atoms with van der Waals surface area (Å²) < 4.78 is 11.3. The molecule has 100 valence electrons. The fourth-order valence-electron chi connectivity index (χ4n) is 1.78. The van der Waals surface area contributed by atoms with Crippen molar-refractivity contribution in [3.05, 3.63) is 41.6 Å². The van der Waals surface area contributed by atoms with E-state index in [-0.39, 0.29) is 0 Å². The largest absolute Gasteiger partial charge is 0.488 e. The fourth-order valence-corrected chi connectivity index (χ4v) is 1.78. The maximum Gasteiger partial charge on any atom is 0.262 e. The van der Waals surface area contributed by atoms with Gasteiger partial charge in [-0.2, -0.15) is 0 Å². The van der Waals surface area contributed by atoms with E-state index in [1.807, 2.05) is 45.0 Å². The van der Waals surface area contributed by atoms with Crippen LogP contribution in [0.4, 0.5) is 5.69 Å². The van der Waals surface area contributed by atoms with Gasteiger partial charge in [0.15, 0.2) is 5.75 Å². The highest BCUT2D eigenvalue weighted by Crippen LogP contribution is 2.32. The number of rotatable bonds is 4. The van der Waals surface area contributed by atoms with Crippen molar-refractivity contribution >= 4 is 5.69 Å². The van der Waals surface area contributed by atoms with E-state index < -0.39 is 0 Å². The molecule has 2 N–H and O–H groups in total. The molecule has 4 nitrogen and oxygen atoms in total. The first-order chi connectivity index (χ1) is 9.11. The highest BCUT2D eigenvalue weighted by atomic mass is 16.5. The third-order valence-electron chi connectivity index (χ3n) is 2.81. The maximum absolute atomic E-state index is 5.91. The van der Waals surface area contributed by atoms with E-state index in [0.717, 1.165) is 11.1 Å². The maximum atomic E-state index is 5.91. The second-order valence-corrected chi connectivity index (χ2v) is 4.32.